The number of halogens is 1. The van der Waals surface area contributed by atoms with Gasteiger partial charge in [-0.25, -0.2) is 0 Å². The van der Waals surface area contributed by atoms with Gasteiger partial charge in [-0.3, -0.25) is 14.6 Å². The van der Waals surface area contributed by atoms with E-state index in [0.717, 1.165) is 29.9 Å². The van der Waals surface area contributed by atoms with Gasteiger partial charge >= 0.3 is 0 Å². The standard InChI is InChI=1S/C16H21ClN6OS/c1-10-12(14(17)22(3)20-10)4-5-13(24)23-8-6-11(7-9-23)15-18-19-16(25)21(15)2/h4-5,11H,6-9H2,1-3H3,(H,19,25). The Morgan fingerprint density at radius 2 is 2.04 bits per heavy atom. The number of amides is 1. The molecule has 2 aromatic heterocycles. The van der Waals surface area contributed by atoms with E-state index in [1.54, 1.807) is 23.9 Å². The summed E-state index contributed by atoms with van der Waals surface area (Å²) in [7, 11) is 3.70. The Morgan fingerprint density at radius 3 is 2.56 bits per heavy atom. The van der Waals surface area contributed by atoms with Crippen molar-refractivity contribution in [1.29, 1.82) is 0 Å². The highest BCUT2D eigenvalue weighted by molar-refractivity contribution is 7.71. The van der Waals surface area contributed by atoms with Gasteiger partial charge in [0.1, 0.15) is 11.0 Å². The molecule has 1 amide bonds. The minimum Gasteiger partial charge on any atom is -0.339 e. The second-order valence-corrected chi connectivity index (χ2v) is 7.04. The minimum atomic E-state index is -0.00636. The van der Waals surface area contributed by atoms with E-state index in [2.05, 4.69) is 15.3 Å². The number of nitrogens with one attached hydrogen (secondary N) is 1. The number of piperidine rings is 1. The van der Waals surface area contributed by atoms with Gasteiger partial charge in [0.2, 0.25) is 5.91 Å². The molecular formula is C16H21ClN6OS. The lowest BCUT2D eigenvalue weighted by Gasteiger charge is -2.30. The summed E-state index contributed by atoms with van der Waals surface area (Å²) in [5, 5.41) is 11.9. The fraction of sp³-hybridized carbons (Fsp3) is 0.500. The van der Waals surface area contributed by atoms with Crippen molar-refractivity contribution >= 4 is 35.8 Å². The van der Waals surface area contributed by atoms with Crippen LogP contribution in [0.1, 0.15) is 35.8 Å². The van der Waals surface area contributed by atoms with Gasteiger partial charge < -0.3 is 9.47 Å². The zero-order valence-electron chi connectivity index (χ0n) is 14.5. The molecule has 0 spiro atoms. The predicted octanol–water partition coefficient (Wildman–Crippen LogP) is 2.59. The van der Waals surface area contributed by atoms with Crippen molar-refractivity contribution in [1.82, 2.24) is 29.4 Å². The fourth-order valence-electron chi connectivity index (χ4n) is 3.18. The zero-order chi connectivity index (χ0) is 18.1. The highest BCUT2D eigenvalue weighted by atomic mass is 35.5. The zero-order valence-corrected chi connectivity index (χ0v) is 16.1. The Labute approximate surface area is 156 Å². The molecule has 0 saturated carbocycles. The van der Waals surface area contributed by atoms with Crippen LogP contribution < -0.4 is 0 Å². The van der Waals surface area contributed by atoms with Crippen LogP contribution in [0.25, 0.3) is 6.08 Å². The maximum Gasteiger partial charge on any atom is 0.246 e. The van der Waals surface area contributed by atoms with Crippen molar-refractivity contribution in [3.63, 3.8) is 0 Å². The summed E-state index contributed by atoms with van der Waals surface area (Å²) in [5.41, 5.74) is 1.59. The maximum absolute atomic E-state index is 12.4. The maximum atomic E-state index is 12.4. The van der Waals surface area contributed by atoms with Crippen molar-refractivity contribution in [3.05, 3.63) is 33.1 Å². The molecule has 1 aliphatic rings. The highest BCUT2D eigenvalue weighted by Crippen LogP contribution is 2.26. The van der Waals surface area contributed by atoms with E-state index < -0.39 is 0 Å². The van der Waals surface area contributed by atoms with E-state index in [9.17, 15) is 4.79 Å². The van der Waals surface area contributed by atoms with Gasteiger partial charge in [0, 0.05) is 44.7 Å². The quantitative estimate of drug-likeness (QED) is 0.656. The van der Waals surface area contributed by atoms with Crippen molar-refractivity contribution in [2.45, 2.75) is 25.7 Å². The van der Waals surface area contributed by atoms with Crippen LogP contribution in [-0.2, 0) is 18.9 Å². The molecule has 1 saturated heterocycles. The SMILES string of the molecule is Cc1nn(C)c(Cl)c1C=CC(=O)N1CCC(c2n[nH]c(=S)n2C)CC1. The number of hydrogen-bond donors (Lipinski definition) is 1. The van der Waals surface area contributed by atoms with Crippen LogP contribution in [0, 0.1) is 11.7 Å². The van der Waals surface area contributed by atoms with Crippen LogP contribution in [0.5, 0.6) is 0 Å². The Morgan fingerprint density at radius 1 is 1.36 bits per heavy atom. The smallest absolute Gasteiger partial charge is 0.246 e. The molecule has 0 atom stereocenters. The second-order valence-electron chi connectivity index (χ2n) is 6.29. The summed E-state index contributed by atoms with van der Waals surface area (Å²) in [4.78, 5) is 14.3. The third kappa shape index (κ3) is 3.55. The molecule has 0 unspecified atom stereocenters. The topological polar surface area (TPSA) is 71.7 Å². The van der Waals surface area contributed by atoms with E-state index in [1.165, 1.54) is 0 Å². The predicted molar refractivity (Wildman–Crippen MR) is 98.9 cm³/mol. The molecule has 3 heterocycles. The summed E-state index contributed by atoms with van der Waals surface area (Å²) in [6.07, 6.45) is 5.07. The molecule has 0 bridgehead atoms. The van der Waals surface area contributed by atoms with Gasteiger partial charge in [0.15, 0.2) is 4.77 Å². The van der Waals surface area contributed by atoms with E-state index in [0.29, 0.717) is 28.9 Å². The number of carbonyl (C=O) groups is 1. The number of rotatable bonds is 3. The first-order valence-electron chi connectivity index (χ1n) is 8.16. The number of likely N-dealkylation sites (tertiary alicyclic amines) is 1. The Kier molecular flexibility index (Phi) is 5.10. The lowest BCUT2D eigenvalue weighted by atomic mass is 9.96. The number of carbonyl (C=O) groups excluding carboxylic acids is 1. The largest absolute Gasteiger partial charge is 0.339 e. The Bertz CT molecular complexity index is 872. The number of aryl methyl sites for hydroxylation is 2. The van der Waals surface area contributed by atoms with E-state index in [4.69, 9.17) is 23.8 Å². The summed E-state index contributed by atoms with van der Waals surface area (Å²) in [6.45, 7) is 3.28. The van der Waals surface area contributed by atoms with Crippen molar-refractivity contribution < 1.29 is 4.79 Å². The fourth-order valence-corrected chi connectivity index (χ4v) is 3.55. The van der Waals surface area contributed by atoms with Crippen molar-refractivity contribution in [3.8, 4) is 0 Å². The number of aromatic amines is 1. The highest BCUT2D eigenvalue weighted by Gasteiger charge is 2.25. The van der Waals surface area contributed by atoms with E-state index >= 15 is 0 Å². The molecule has 1 fully saturated rings. The first-order chi connectivity index (χ1) is 11.9. The van der Waals surface area contributed by atoms with Crippen molar-refractivity contribution in [2.75, 3.05) is 13.1 Å². The van der Waals surface area contributed by atoms with Crippen LogP contribution in [0.4, 0.5) is 0 Å². The van der Waals surface area contributed by atoms with E-state index in [1.807, 2.05) is 23.4 Å². The lowest BCUT2D eigenvalue weighted by Crippen LogP contribution is -2.37. The molecule has 25 heavy (non-hydrogen) atoms. The Balaban J connectivity index is 1.63. The van der Waals surface area contributed by atoms with Crippen molar-refractivity contribution in [2.24, 2.45) is 14.1 Å². The summed E-state index contributed by atoms with van der Waals surface area (Å²) in [5.74, 6) is 1.28. The first-order valence-corrected chi connectivity index (χ1v) is 8.94. The number of aromatic nitrogens is 5. The molecule has 0 aromatic carbocycles. The normalized spacial score (nSPS) is 16.1. The third-order valence-electron chi connectivity index (χ3n) is 4.67. The van der Waals surface area contributed by atoms with Crippen LogP contribution in [-0.4, -0.2) is 48.4 Å². The molecule has 134 valence electrons. The number of hydrogen-bond acceptors (Lipinski definition) is 4. The van der Waals surface area contributed by atoms with Gasteiger partial charge in [-0.2, -0.15) is 10.2 Å². The Hall–Kier alpha value is -1.93. The number of H-pyrrole nitrogens is 1. The minimum absolute atomic E-state index is 0.00636. The summed E-state index contributed by atoms with van der Waals surface area (Å²) in [6, 6.07) is 0. The van der Waals surface area contributed by atoms with Gasteiger partial charge in [0.05, 0.1) is 5.69 Å². The van der Waals surface area contributed by atoms with Gasteiger partial charge in [-0.15, -0.1) is 0 Å². The van der Waals surface area contributed by atoms with Crippen LogP contribution in [0.3, 0.4) is 0 Å². The molecule has 2 aromatic rings. The molecule has 1 N–H and O–H groups in total. The molecular weight excluding hydrogens is 360 g/mol. The molecule has 9 heteroatoms. The first kappa shape index (κ1) is 17.9. The monoisotopic (exact) mass is 380 g/mol. The van der Waals surface area contributed by atoms with Crippen LogP contribution in [0.15, 0.2) is 6.08 Å². The average molecular weight is 381 g/mol. The van der Waals surface area contributed by atoms with Gasteiger partial charge in [-0.1, -0.05) is 11.6 Å². The van der Waals surface area contributed by atoms with Crippen LogP contribution in [0.2, 0.25) is 5.15 Å². The third-order valence-corrected chi connectivity index (χ3v) is 5.49. The van der Waals surface area contributed by atoms with Gasteiger partial charge in [0.25, 0.3) is 0 Å². The molecule has 3 rings (SSSR count). The molecule has 7 nitrogen and oxygen atoms in total. The summed E-state index contributed by atoms with van der Waals surface area (Å²) < 4.78 is 4.13. The lowest BCUT2D eigenvalue weighted by molar-refractivity contribution is -0.127. The summed E-state index contributed by atoms with van der Waals surface area (Å²) >= 11 is 11.4. The molecule has 0 aliphatic carbocycles. The van der Waals surface area contributed by atoms with E-state index in [-0.39, 0.29) is 5.91 Å². The molecule has 0 radical (unpaired) electrons. The van der Waals surface area contributed by atoms with Crippen LogP contribution >= 0.6 is 23.8 Å². The molecule has 1 aliphatic heterocycles. The second kappa shape index (κ2) is 7.13. The number of nitrogens with zero attached hydrogens (tertiary/aromatic N) is 5. The average Bonchev–Trinajstić information content (AvgIpc) is 3.05. The van der Waals surface area contributed by atoms with Gasteiger partial charge in [-0.05, 0) is 38.1 Å².